The van der Waals surface area contributed by atoms with Crippen LogP contribution in [0.5, 0.6) is 5.75 Å². The lowest BCUT2D eigenvalue weighted by atomic mass is 9.85. The van der Waals surface area contributed by atoms with Gasteiger partial charge in [-0.1, -0.05) is 46.8 Å². The van der Waals surface area contributed by atoms with Crippen molar-refractivity contribution in [3.05, 3.63) is 29.3 Å². The van der Waals surface area contributed by atoms with Gasteiger partial charge in [0.2, 0.25) is 0 Å². The maximum atomic E-state index is 6.02. The molecule has 0 aromatic heterocycles. The van der Waals surface area contributed by atoms with Crippen LogP contribution in [0.2, 0.25) is 0 Å². The fraction of sp³-hybridized carbons (Fsp3) is 0.625. The van der Waals surface area contributed by atoms with E-state index in [9.17, 15) is 0 Å². The van der Waals surface area contributed by atoms with E-state index in [1.54, 1.807) is 0 Å². The molecule has 1 rings (SSSR count). The number of aryl methyl sites for hydroxylation is 1. The van der Waals surface area contributed by atoms with Crippen LogP contribution in [0.15, 0.2) is 18.2 Å². The molecule has 0 bridgehead atoms. The summed E-state index contributed by atoms with van der Waals surface area (Å²) < 4.78 is 6.02. The molecule has 102 valence electrons. The standard InChI is InChI=1S/C16H27NO/c1-12-7-8-13(15(2,3)4)14(9-12)18-11-16(5,6)10-17/h7-9H,10-11,17H2,1-6H3. The molecule has 0 amide bonds. The molecule has 0 saturated heterocycles. The Kier molecular flexibility index (Phi) is 4.44. The van der Waals surface area contributed by atoms with Gasteiger partial charge in [-0.05, 0) is 29.5 Å². The summed E-state index contributed by atoms with van der Waals surface area (Å²) in [5, 5.41) is 0. The maximum Gasteiger partial charge on any atom is 0.123 e. The molecule has 0 radical (unpaired) electrons. The maximum absolute atomic E-state index is 6.02. The van der Waals surface area contributed by atoms with Crippen LogP contribution in [0.1, 0.15) is 45.7 Å². The molecule has 0 aliphatic carbocycles. The molecule has 0 atom stereocenters. The Morgan fingerprint density at radius 1 is 1.11 bits per heavy atom. The third-order valence-electron chi connectivity index (χ3n) is 3.12. The monoisotopic (exact) mass is 249 g/mol. The minimum atomic E-state index is 0.0128. The summed E-state index contributed by atoms with van der Waals surface area (Å²) in [6, 6.07) is 6.43. The van der Waals surface area contributed by atoms with Gasteiger partial charge in [0.1, 0.15) is 5.75 Å². The van der Waals surface area contributed by atoms with Crippen LogP contribution in [0.25, 0.3) is 0 Å². The van der Waals surface area contributed by atoms with Crippen LogP contribution >= 0.6 is 0 Å². The Morgan fingerprint density at radius 3 is 2.22 bits per heavy atom. The molecule has 0 aliphatic rings. The molecular formula is C16H27NO. The second kappa shape index (κ2) is 5.31. The van der Waals surface area contributed by atoms with Crippen LogP contribution in [0, 0.1) is 12.3 Å². The second-order valence-corrected chi connectivity index (χ2v) is 6.91. The first kappa shape index (κ1) is 15.0. The number of hydrogen-bond donors (Lipinski definition) is 1. The van der Waals surface area contributed by atoms with Crippen LogP contribution in [-0.2, 0) is 5.41 Å². The zero-order valence-corrected chi connectivity index (χ0v) is 12.6. The van der Waals surface area contributed by atoms with E-state index in [-0.39, 0.29) is 10.8 Å². The molecule has 0 fully saturated rings. The first-order chi connectivity index (χ1) is 8.15. The number of benzene rings is 1. The fourth-order valence-electron chi connectivity index (χ4n) is 1.70. The third kappa shape index (κ3) is 4.02. The summed E-state index contributed by atoms with van der Waals surface area (Å²) in [6.07, 6.45) is 0. The van der Waals surface area contributed by atoms with E-state index in [2.05, 4.69) is 59.7 Å². The topological polar surface area (TPSA) is 35.2 Å². The molecule has 0 saturated carbocycles. The van der Waals surface area contributed by atoms with Crippen LogP contribution in [-0.4, -0.2) is 13.2 Å². The van der Waals surface area contributed by atoms with Crippen molar-refractivity contribution in [1.82, 2.24) is 0 Å². The summed E-state index contributed by atoms with van der Waals surface area (Å²) in [5.41, 5.74) is 8.33. The van der Waals surface area contributed by atoms with Crippen molar-refractivity contribution in [1.29, 1.82) is 0 Å². The molecule has 0 aliphatic heterocycles. The van der Waals surface area contributed by atoms with Crippen molar-refractivity contribution in [2.45, 2.75) is 47.0 Å². The smallest absolute Gasteiger partial charge is 0.123 e. The van der Waals surface area contributed by atoms with Crippen LogP contribution in [0.3, 0.4) is 0 Å². The van der Waals surface area contributed by atoms with Gasteiger partial charge in [-0.2, -0.15) is 0 Å². The van der Waals surface area contributed by atoms with E-state index < -0.39 is 0 Å². The summed E-state index contributed by atoms with van der Waals surface area (Å²) in [4.78, 5) is 0. The highest BCUT2D eigenvalue weighted by atomic mass is 16.5. The minimum absolute atomic E-state index is 0.0128. The molecule has 1 aromatic rings. The Morgan fingerprint density at radius 2 is 1.72 bits per heavy atom. The molecule has 1 aromatic carbocycles. The van der Waals surface area contributed by atoms with Gasteiger partial charge in [0.15, 0.2) is 0 Å². The zero-order valence-electron chi connectivity index (χ0n) is 12.6. The number of ether oxygens (including phenoxy) is 1. The molecule has 2 nitrogen and oxygen atoms in total. The van der Waals surface area contributed by atoms with Gasteiger partial charge in [0, 0.05) is 12.0 Å². The molecule has 2 N–H and O–H groups in total. The lowest BCUT2D eigenvalue weighted by molar-refractivity contribution is 0.184. The van der Waals surface area contributed by atoms with Gasteiger partial charge in [-0.25, -0.2) is 0 Å². The molecule has 18 heavy (non-hydrogen) atoms. The van der Waals surface area contributed by atoms with E-state index in [1.165, 1.54) is 11.1 Å². The Bertz CT molecular complexity index is 402. The number of rotatable bonds is 4. The Balaban J connectivity index is 2.97. The Labute approximate surface area is 112 Å². The average molecular weight is 249 g/mol. The summed E-state index contributed by atoms with van der Waals surface area (Å²) in [6.45, 7) is 14.2. The molecule has 0 unspecified atom stereocenters. The summed E-state index contributed by atoms with van der Waals surface area (Å²) >= 11 is 0. The molecule has 0 spiro atoms. The van der Waals surface area contributed by atoms with Crippen molar-refractivity contribution in [2.24, 2.45) is 11.1 Å². The van der Waals surface area contributed by atoms with E-state index in [4.69, 9.17) is 10.5 Å². The average Bonchev–Trinajstić information content (AvgIpc) is 2.25. The van der Waals surface area contributed by atoms with Crippen LogP contribution in [0.4, 0.5) is 0 Å². The SMILES string of the molecule is Cc1ccc(C(C)(C)C)c(OCC(C)(C)CN)c1. The zero-order chi connectivity index (χ0) is 14.0. The van der Waals surface area contributed by atoms with Crippen molar-refractivity contribution < 1.29 is 4.74 Å². The highest BCUT2D eigenvalue weighted by Crippen LogP contribution is 2.32. The van der Waals surface area contributed by atoms with E-state index >= 15 is 0 Å². The molecule has 0 heterocycles. The van der Waals surface area contributed by atoms with Crippen molar-refractivity contribution >= 4 is 0 Å². The minimum Gasteiger partial charge on any atom is -0.493 e. The first-order valence-electron chi connectivity index (χ1n) is 6.60. The quantitative estimate of drug-likeness (QED) is 0.884. The molecular weight excluding hydrogens is 222 g/mol. The van der Waals surface area contributed by atoms with E-state index in [0.29, 0.717) is 13.2 Å². The molecule has 2 heteroatoms. The predicted molar refractivity (Wildman–Crippen MR) is 78.2 cm³/mol. The van der Waals surface area contributed by atoms with Crippen LogP contribution < -0.4 is 10.5 Å². The second-order valence-electron chi connectivity index (χ2n) is 6.91. The summed E-state index contributed by atoms with van der Waals surface area (Å²) in [7, 11) is 0. The van der Waals surface area contributed by atoms with E-state index in [1.807, 2.05) is 0 Å². The third-order valence-corrected chi connectivity index (χ3v) is 3.12. The van der Waals surface area contributed by atoms with Gasteiger partial charge in [0.25, 0.3) is 0 Å². The van der Waals surface area contributed by atoms with Gasteiger partial charge >= 0.3 is 0 Å². The van der Waals surface area contributed by atoms with Gasteiger partial charge in [-0.15, -0.1) is 0 Å². The number of nitrogens with two attached hydrogens (primary N) is 1. The van der Waals surface area contributed by atoms with Crippen molar-refractivity contribution in [3.8, 4) is 5.75 Å². The highest BCUT2D eigenvalue weighted by Gasteiger charge is 2.21. The summed E-state index contributed by atoms with van der Waals surface area (Å²) in [5.74, 6) is 0.990. The van der Waals surface area contributed by atoms with Gasteiger partial charge < -0.3 is 10.5 Å². The van der Waals surface area contributed by atoms with Crippen molar-refractivity contribution in [3.63, 3.8) is 0 Å². The van der Waals surface area contributed by atoms with Gasteiger partial charge in [0.05, 0.1) is 6.61 Å². The predicted octanol–water partition coefficient (Wildman–Crippen LogP) is 3.66. The lowest BCUT2D eigenvalue weighted by Crippen LogP contribution is -2.30. The fourth-order valence-corrected chi connectivity index (χ4v) is 1.70. The van der Waals surface area contributed by atoms with Crippen molar-refractivity contribution in [2.75, 3.05) is 13.2 Å². The Hall–Kier alpha value is -1.02. The van der Waals surface area contributed by atoms with E-state index in [0.717, 1.165) is 5.75 Å². The number of hydrogen-bond acceptors (Lipinski definition) is 2. The lowest BCUT2D eigenvalue weighted by Gasteiger charge is -2.27. The normalized spacial score (nSPS) is 12.6. The first-order valence-corrected chi connectivity index (χ1v) is 6.60. The van der Waals surface area contributed by atoms with Gasteiger partial charge in [-0.3, -0.25) is 0 Å². The highest BCUT2D eigenvalue weighted by molar-refractivity contribution is 5.41. The largest absolute Gasteiger partial charge is 0.493 e.